The van der Waals surface area contributed by atoms with Crippen LogP contribution < -0.4 is 4.74 Å². The van der Waals surface area contributed by atoms with E-state index < -0.39 is 6.10 Å². The number of benzene rings is 3. The Kier molecular flexibility index (Phi) is 3.63. The van der Waals surface area contributed by atoms with Gasteiger partial charge in [0.05, 0.1) is 7.11 Å². The highest BCUT2D eigenvalue weighted by Crippen LogP contribution is 2.33. The van der Waals surface area contributed by atoms with E-state index >= 15 is 0 Å². The molecular weight excluding hydrogens is 260 g/mol. The van der Waals surface area contributed by atoms with Crippen LogP contribution in [-0.4, -0.2) is 12.2 Å². The quantitative estimate of drug-likeness (QED) is 0.776. The Hall–Kier alpha value is -2.32. The normalized spacial score (nSPS) is 12.3. The highest BCUT2D eigenvalue weighted by Gasteiger charge is 2.15. The molecule has 3 aromatic carbocycles. The summed E-state index contributed by atoms with van der Waals surface area (Å²) < 4.78 is 5.40. The predicted molar refractivity (Wildman–Crippen MR) is 85.7 cm³/mol. The van der Waals surface area contributed by atoms with E-state index in [1.165, 1.54) is 5.56 Å². The summed E-state index contributed by atoms with van der Waals surface area (Å²) in [4.78, 5) is 0. The molecule has 0 saturated heterocycles. The maximum absolute atomic E-state index is 10.7. The second-order valence-electron chi connectivity index (χ2n) is 5.22. The molecule has 0 fully saturated rings. The first-order chi connectivity index (χ1) is 10.2. The Morgan fingerprint density at radius 2 is 1.52 bits per heavy atom. The standard InChI is InChI=1S/C19H18O2/c1-13-7-9-14(10-8-13)19(20)17-11-12-18(21-2)16-6-4-3-5-15(16)17/h3-12,19-20H,1-2H3. The van der Waals surface area contributed by atoms with Crippen LogP contribution in [0.2, 0.25) is 0 Å². The summed E-state index contributed by atoms with van der Waals surface area (Å²) in [5.74, 6) is 0.824. The average Bonchev–Trinajstić information content (AvgIpc) is 2.54. The predicted octanol–water partition coefficient (Wildman–Crippen LogP) is 4.24. The average molecular weight is 278 g/mol. The van der Waals surface area contributed by atoms with E-state index in [-0.39, 0.29) is 0 Å². The van der Waals surface area contributed by atoms with Crippen molar-refractivity contribution >= 4 is 10.8 Å². The van der Waals surface area contributed by atoms with Crippen molar-refractivity contribution in [3.63, 3.8) is 0 Å². The summed E-state index contributed by atoms with van der Waals surface area (Å²) in [7, 11) is 1.66. The summed E-state index contributed by atoms with van der Waals surface area (Å²) in [6, 6.07) is 19.8. The summed E-state index contributed by atoms with van der Waals surface area (Å²) in [6.07, 6.45) is -0.638. The van der Waals surface area contributed by atoms with Gasteiger partial charge in [0.15, 0.2) is 0 Å². The molecule has 2 nitrogen and oxygen atoms in total. The minimum Gasteiger partial charge on any atom is -0.496 e. The second kappa shape index (κ2) is 5.58. The monoisotopic (exact) mass is 278 g/mol. The second-order valence-corrected chi connectivity index (χ2v) is 5.22. The summed E-state index contributed by atoms with van der Waals surface area (Å²) in [5, 5.41) is 12.7. The molecule has 3 rings (SSSR count). The Bertz CT molecular complexity index is 760. The van der Waals surface area contributed by atoms with Crippen LogP contribution >= 0.6 is 0 Å². The minimum absolute atomic E-state index is 0.638. The Morgan fingerprint density at radius 1 is 0.857 bits per heavy atom. The molecule has 0 aliphatic carbocycles. The molecule has 0 aliphatic rings. The van der Waals surface area contributed by atoms with Gasteiger partial charge in [-0.3, -0.25) is 0 Å². The van der Waals surface area contributed by atoms with Crippen molar-refractivity contribution in [3.8, 4) is 5.75 Å². The first-order valence-corrected chi connectivity index (χ1v) is 7.01. The number of aryl methyl sites for hydroxylation is 1. The van der Waals surface area contributed by atoms with Gasteiger partial charge >= 0.3 is 0 Å². The molecule has 0 bridgehead atoms. The van der Waals surface area contributed by atoms with Crippen LogP contribution in [0, 0.1) is 6.92 Å². The lowest BCUT2D eigenvalue weighted by Crippen LogP contribution is -2.01. The molecule has 1 unspecified atom stereocenters. The lowest BCUT2D eigenvalue weighted by atomic mass is 9.95. The fourth-order valence-electron chi connectivity index (χ4n) is 2.64. The largest absolute Gasteiger partial charge is 0.496 e. The van der Waals surface area contributed by atoms with Gasteiger partial charge in [-0.15, -0.1) is 0 Å². The third-order valence-electron chi connectivity index (χ3n) is 3.83. The van der Waals surface area contributed by atoms with Crippen molar-refractivity contribution in [1.29, 1.82) is 0 Å². The van der Waals surface area contributed by atoms with E-state index in [1.54, 1.807) is 7.11 Å². The molecule has 0 saturated carbocycles. The molecule has 3 aromatic rings. The zero-order chi connectivity index (χ0) is 14.8. The van der Waals surface area contributed by atoms with Gasteiger partial charge < -0.3 is 9.84 Å². The van der Waals surface area contributed by atoms with E-state index in [4.69, 9.17) is 4.74 Å². The minimum atomic E-state index is -0.638. The van der Waals surface area contributed by atoms with Gasteiger partial charge in [-0.2, -0.15) is 0 Å². The molecule has 1 N–H and O–H groups in total. The summed E-state index contributed by atoms with van der Waals surface area (Å²) >= 11 is 0. The van der Waals surface area contributed by atoms with Crippen molar-refractivity contribution < 1.29 is 9.84 Å². The Labute approximate surface area is 124 Å². The van der Waals surface area contributed by atoms with Crippen LogP contribution in [0.5, 0.6) is 5.75 Å². The lowest BCUT2D eigenvalue weighted by molar-refractivity contribution is 0.222. The topological polar surface area (TPSA) is 29.5 Å². The van der Waals surface area contributed by atoms with E-state index in [2.05, 4.69) is 0 Å². The third kappa shape index (κ3) is 2.50. The molecule has 21 heavy (non-hydrogen) atoms. The van der Waals surface area contributed by atoms with Gasteiger partial charge in [-0.05, 0) is 29.5 Å². The van der Waals surface area contributed by atoms with E-state index in [9.17, 15) is 5.11 Å². The van der Waals surface area contributed by atoms with E-state index in [1.807, 2.05) is 67.6 Å². The SMILES string of the molecule is COc1ccc(C(O)c2ccc(C)cc2)c2ccccc12. The van der Waals surface area contributed by atoms with Crippen molar-refractivity contribution in [3.05, 3.63) is 77.4 Å². The van der Waals surface area contributed by atoms with Crippen molar-refractivity contribution in [2.45, 2.75) is 13.0 Å². The highest BCUT2D eigenvalue weighted by molar-refractivity contribution is 5.91. The maximum Gasteiger partial charge on any atom is 0.126 e. The molecule has 0 spiro atoms. The number of fused-ring (bicyclic) bond motifs is 1. The first kappa shape index (κ1) is 13.7. The van der Waals surface area contributed by atoms with Gasteiger partial charge in [0.2, 0.25) is 0 Å². The van der Waals surface area contributed by atoms with Crippen LogP contribution in [-0.2, 0) is 0 Å². The van der Waals surface area contributed by atoms with Gasteiger partial charge in [0.25, 0.3) is 0 Å². The fourth-order valence-corrected chi connectivity index (χ4v) is 2.64. The maximum atomic E-state index is 10.7. The number of aliphatic hydroxyl groups excluding tert-OH is 1. The number of methoxy groups -OCH3 is 1. The van der Waals surface area contributed by atoms with Crippen LogP contribution in [0.25, 0.3) is 10.8 Å². The van der Waals surface area contributed by atoms with Crippen LogP contribution in [0.1, 0.15) is 22.8 Å². The molecule has 2 heteroatoms. The number of hydrogen-bond acceptors (Lipinski definition) is 2. The van der Waals surface area contributed by atoms with Gasteiger partial charge in [0, 0.05) is 5.39 Å². The van der Waals surface area contributed by atoms with Gasteiger partial charge in [-0.25, -0.2) is 0 Å². The molecule has 1 atom stereocenters. The summed E-state index contributed by atoms with van der Waals surface area (Å²) in [6.45, 7) is 2.04. The molecule has 0 aromatic heterocycles. The van der Waals surface area contributed by atoms with Crippen LogP contribution in [0.3, 0.4) is 0 Å². The van der Waals surface area contributed by atoms with Crippen LogP contribution in [0.4, 0.5) is 0 Å². The summed E-state index contributed by atoms with van der Waals surface area (Å²) in [5.41, 5.74) is 2.98. The molecule has 0 radical (unpaired) electrons. The molecule has 0 heterocycles. The van der Waals surface area contributed by atoms with Gasteiger partial charge in [0.1, 0.15) is 11.9 Å². The Balaban J connectivity index is 2.14. The van der Waals surface area contributed by atoms with Crippen molar-refractivity contribution in [2.75, 3.05) is 7.11 Å². The zero-order valence-corrected chi connectivity index (χ0v) is 12.2. The molecular formula is C19H18O2. The number of ether oxygens (including phenoxy) is 1. The number of hydrogen-bond donors (Lipinski definition) is 1. The van der Waals surface area contributed by atoms with Crippen molar-refractivity contribution in [1.82, 2.24) is 0 Å². The van der Waals surface area contributed by atoms with E-state index in [0.717, 1.165) is 27.6 Å². The molecule has 0 amide bonds. The number of rotatable bonds is 3. The first-order valence-electron chi connectivity index (χ1n) is 7.01. The van der Waals surface area contributed by atoms with Gasteiger partial charge in [-0.1, -0.05) is 60.2 Å². The molecule has 106 valence electrons. The highest BCUT2D eigenvalue weighted by atomic mass is 16.5. The fraction of sp³-hybridized carbons (Fsp3) is 0.158. The number of aliphatic hydroxyl groups is 1. The lowest BCUT2D eigenvalue weighted by Gasteiger charge is -2.16. The van der Waals surface area contributed by atoms with Crippen LogP contribution in [0.15, 0.2) is 60.7 Å². The third-order valence-corrected chi connectivity index (χ3v) is 3.83. The van der Waals surface area contributed by atoms with Crippen molar-refractivity contribution in [2.24, 2.45) is 0 Å². The Morgan fingerprint density at radius 3 is 2.19 bits per heavy atom. The molecule has 0 aliphatic heterocycles. The smallest absolute Gasteiger partial charge is 0.126 e. The van der Waals surface area contributed by atoms with E-state index in [0.29, 0.717) is 0 Å². The zero-order valence-electron chi connectivity index (χ0n) is 12.2.